The average Bonchev–Trinajstić information content (AvgIpc) is 2.64. The van der Waals surface area contributed by atoms with Crippen molar-refractivity contribution in [1.29, 1.82) is 0 Å². The molecule has 1 aromatic carbocycles. The van der Waals surface area contributed by atoms with E-state index in [0.29, 0.717) is 12.4 Å². The molecule has 1 aromatic heterocycles. The van der Waals surface area contributed by atoms with Crippen LogP contribution < -0.4 is 10.1 Å². The van der Waals surface area contributed by atoms with Gasteiger partial charge < -0.3 is 14.8 Å². The minimum Gasteiger partial charge on any atom is -0.491 e. The zero-order chi connectivity index (χ0) is 19.6. The highest BCUT2D eigenvalue weighted by atomic mass is 16.6. The van der Waals surface area contributed by atoms with Gasteiger partial charge in [0, 0.05) is 12.1 Å². The van der Waals surface area contributed by atoms with Gasteiger partial charge in [-0.1, -0.05) is 12.1 Å². The van der Waals surface area contributed by atoms with Crippen LogP contribution in [0.1, 0.15) is 19.4 Å². The number of pyridine rings is 1. The van der Waals surface area contributed by atoms with Crippen LogP contribution in [0.15, 0.2) is 48.7 Å². The monoisotopic (exact) mass is 371 g/mol. The minimum atomic E-state index is -0.518. The van der Waals surface area contributed by atoms with E-state index in [1.807, 2.05) is 38.1 Å². The summed E-state index contributed by atoms with van der Waals surface area (Å²) in [6, 6.07) is 10.2. The molecule has 0 saturated carbocycles. The molecule has 0 aliphatic rings. The van der Waals surface area contributed by atoms with E-state index in [4.69, 9.17) is 9.47 Å². The van der Waals surface area contributed by atoms with Crippen molar-refractivity contribution in [2.45, 2.75) is 20.0 Å². The van der Waals surface area contributed by atoms with Gasteiger partial charge in [0.15, 0.2) is 0 Å². The molecule has 0 unspecified atom stereocenters. The van der Waals surface area contributed by atoms with Crippen molar-refractivity contribution in [3.63, 3.8) is 0 Å². The van der Waals surface area contributed by atoms with E-state index in [1.165, 1.54) is 18.2 Å². The van der Waals surface area contributed by atoms with E-state index in [0.717, 1.165) is 17.5 Å². The largest absolute Gasteiger partial charge is 0.491 e. The van der Waals surface area contributed by atoms with Crippen molar-refractivity contribution < 1.29 is 19.2 Å². The van der Waals surface area contributed by atoms with E-state index in [1.54, 1.807) is 6.08 Å². The van der Waals surface area contributed by atoms with E-state index in [-0.39, 0.29) is 18.4 Å². The standard InChI is InChI=1S/C19H21N3O5/c1-14(2)27-17-5-3-4-15(12-17)6-9-19(23)26-11-10-20-18-8-7-16(13-21-18)22(24)25/h3-9,12-14H,10-11H2,1-2H3,(H,20,21)/b9-6+. The second kappa shape index (κ2) is 9.91. The van der Waals surface area contributed by atoms with Crippen LogP contribution in [0.3, 0.4) is 0 Å². The molecule has 0 spiro atoms. The fourth-order valence-corrected chi connectivity index (χ4v) is 2.11. The summed E-state index contributed by atoms with van der Waals surface area (Å²) < 4.78 is 10.7. The molecular weight excluding hydrogens is 350 g/mol. The summed E-state index contributed by atoms with van der Waals surface area (Å²) in [7, 11) is 0. The van der Waals surface area contributed by atoms with E-state index in [9.17, 15) is 14.9 Å². The van der Waals surface area contributed by atoms with Gasteiger partial charge in [0.25, 0.3) is 5.69 Å². The molecule has 1 N–H and O–H groups in total. The Hall–Kier alpha value is -3.42. The summed E-state index contributed by atoms with van der Waals surface area (Å²) in [4.78, 5) is 25.7. The first kappa shape index (κ1) is 19.9. The first-order chi connectivity index (χ1) is 12.9. The van der Waals surface area contributed by atoms with Gasteiger partial charge in [0.1, 0.15) is 24.4 Å². The maximum absolute atomic E-state index is 11.8. The highest BCUT2D eigenvalue weighted by molar-refractivity contribution is 5.87. The number of aromatic nitrogens is 1. The summed E-state index contributed by atoms with van der Waals surface area (Å²) in [6.45, 7) is 4.36. The van der Waals surface area contributed by atoms with Gasteiger partial charge in [-0.3, -0.25) is 10.1 Å². The van der Waals surface area contributed by atoms with Crippen LogP contribution in [0.2, 0.25) is 0 Å². The number of nitrogens with one attached hydrogen (secondary N) is 1. The molecule has 8 nitrogen and oxygen atoms in total. The first-order valence-electron chi connectivity index (χ1n) is 8.40. The topological polar surface area (TPSA) is 104 Å². The fourth-order valence-electron chi connectivity index (χ4n) is 2.11. The van der Waals surface area contributed by atoms with E-state index in [2.05, 4.69) is 10.3 Å². The molecule has 8 heteroatoms. The third-order valence-corrected chi connectivity index (χ3v) is 3.25. The lowest BCUT2D eigenvalue weighted by Gasteiger charge is -2.09. The van der Waals surface area contributed by atoms with Crippen molar-refractivity contribution in [2.24, 2.45) is 0 Å². The number of nitro groups is 1. The van der Waals surface area contributed by atoms with Gasteiger partial charge in [-0.25, -0.2) is 9.78 Å². The van der Waals surface area contributed by atoms with Gasteiger partial charge in [-0.15, -0.1) is 0 Å². The van der Waals surface area contributed by atoms with Gasteiger partial charge in [0.2, 0.25) is 0 Å². The minimum absolute atomic E-state index is 0.0759. The van der Waals surface area contributed by atoms with Crippen LogP contribution in [0, 0.1) is 10.1 Å². The normalized spacial score (nSPS) is 10.8. The Morgan fingerprint density at radius 1 is 1.33 bits per heavy atom. The van der Waals surface area contributed by atoms with Crippen LogP contribution in [-0.2, 0) is 9.53 Å². The van der Waals surface area contributed by atoms with Gasteiger partial charge >= 0.3 is 5.97 Å². The molecule has 0 aliphatic carbocycles. The molecule has 0 bridgehead atoms. The van der Waals surface area contributed by atoms with Crippen LogP contribution >= 0.6 is 0 Å². The summed E-state index contributed by atoms with van der Waals surface area (Å²) in [6.07, 6.45) is 4.24. The molecule has 0 fully saturated rings. The van der Waals surface area contributed by atoms with E-state index >= 15 is 0 Å². The molecule has 0 aliphatic heterocycles. The van der Waals surface area contributed by atoms with Crippen LogP contribution in [0.4, 0.5) is 11.5 Å². The lowest BCUT2D eigenvalue weighted by molar-refractivity contribution is -0.385. The van der Waals surface area contributed by atoms with Gasteiger partial charge in [-0.05, 0) is 43.7 Å². The maximum atomic E-state index is 11.8. The Morgan fingerprint density at radius 3 is 2.81 bits per heavy atom. The SMILES string of the molecule is CC(C)Oc1cccc(/C=C/C(=O)OCCNc2ccc([N+](=O)[O-])cn2)c1. The highest BCUT2D eigenvalue weighted by Crippen LogP contribution is 2.16. The third kappa shape index (κ3) is 7.15. The zero-order valence-corrected chi connectivity index (χ0v) is 15.1. The van der Waals surface area contributed by atoms with Crippen molar-refractivity contribution in [1.82, 2.24) is 4.98 Å². The smallest absolute Gasteiger partial charge is 0.330 e. The molecular formula is C19H21N3O5. The van der Waals surface area contributed by atoms with Crippen molar-refractivity contribution in [2.75, 3.05) is 18.5 Å². The second-order valence-corrected chi connectivity index (χ2v) is 5.83. The molecule has 0 amide bonds. The van der Waals surface area contributed by atoms with Crippen molar-refractivity contribution in [3.8, 4) is 5.75 Å². The lowest BCUT2D eigenvalue weighted by Crippen LogP contribution is -2.13. The number of benzene rings is 1. The summed E-state index contributed by atoms with van der Waals surface area (Å²) in [5.74, 6) is 0.734. The highest BCUT2D eigenvalue weighted by Gasteiger charge is 2.05. The molecule has 0 atom stereocenters. The quantitative estimate of drug-likeness (QED) is 0.237. The molecule has 142 valence electrons. The number of hydrogen-bond donors (Lipinski definition) is 1. The zero-order valence-electron chi connectivity index (χ0n) is 15.1. The Labute approximate surface area is 157 Å². The molecule has 0 radical (unpaired) electrons. The van der Waals surface area contributed by atoms with Crippen LogP contribution in [-0.4, -0.2) is 35.1 Å². The van der Waals surface area contributed by atoms with Crippen molar-refractivity contribution in [3.05, 3.63) is 64.3 Å². The Balaban J connectivity index is 1.74. The molecule has 27 heavy (non-hydrogen) atoms. The number of ether oxygens (including phenoxy) is 2. The number of nitrogens with zero attached hydrogens (tertiary/aromatic N) is 2. The predicted octanol–water partition coefficient (Wildman–Crippen LogP) is 3.45. The fraction of sp³-hybridized carbons (Fsp3) is 0.263. The lowest BCUT2D eigenvalue weighted by atomic mass is 10.2. The molecule has 2 aromatic rings. The van der Waals surface area contributed by atoms with Gasteiger partial charge in [0.05, 0.1) is 17.6 Å². The molecule has 0 saturated heterocycles. The first-order valence-corrected chi connectivity index (χ1v) is 8.40. The average molecular weight is 371 g/mol. The Bertz CT molecular complexity index is 803. The number of hydrogen-bond acceptors (Lipinski definition) is 7. The number of rotatable bonds is 9. The summed E-state index contributed by atoms with van der Waals surface area (Å²) in [5, 5.41) is 13.5. The second-order valence-electron chi connectivity index (χ2n) is 5.83. The predicted molar refractivity (Wildman–Crippen MR) is 102 cm³/mol. The summed E-state index contributed by atoms with van der Waals surface area (Å²) >= 11 is 0. The molecule has 1 heterocycles. The van der Waals surface area contributed by atoms with E-state index < -0.39 is 10.9 Å². The number of carbonyl (C=O) groups excluding carboxylic acids is 1. The number of anilines is 1. The van der Waals surface area contributed by atoms with Crippen molar-refractivity contribution >= 4 is 23.6 Å². The number of esters is 1. The number of carbonyl (C=O) groups is 1. The third-order valence-electron chi connectivity index (χ3n) is 3.25. The molecule has 2 rings (SSSR count). The Morgan fingerprint density at radius 2 is 2.15 bits per heavy atom. The van der Waals surface area contributed by atoms with Crippen LogP contribution in [0.5, 0.6) is 5.75 Å². The Kier molecular flexibility index (Phi) is 7.30. The van der Waals surface area contributed by atoms with Gasteiger partial charge in [-0.2, -0.15) is 0 Å². The van der Waals surface area contributed by atoms with Crippen LogP contribution in [0.25, 0.3) is 6.08 Å². The summed E-state index contributed by atoms with van der Waals surface area (Å²) in [5.41, 5.74) is 0.748. The maximum Gasteiger partial charge on any atom is 0.330 e.